The lowest BCUT2D eigenvalue weighted by Crippen LogP contribution is -2.30. The van der Waals surface area contributed by atoms with E-state index in [0.717, 1.165) is 18.4 Å². The van der Waals surface area contributed by atoms with Gasteiger partial charge in [-0.1, -0.05) is 17.7 Å². The lowest BCUT2D eigenvalue weighted by Gasteiger charge is -2.28. The number of fused-ring (bicyclic) bond motifs is 1. The van der Waals surface area contributed by atoms with Crippen LogP contribution in [0.25, 0.3) is 0 Å². The average molecular weight is 405 g/mol. The van der Waals surface area contributed by atoms with E-state index >= 15 is 0 Å². The van der Waals surface area contributed by atoms with E-state index in [2.05, 4.69) is 15.4 Å². The Morgan fingerprint density at radius 3 is 3.04 bits per heavy atom. The van der Waals surface area contributed by atoms with Crippen molar-refractivity contribution in [1.82, 2.24) is 14.8 Å². The first-order valence-electron chi connectivity index (χ1n) is 9.08. The Balaban J connectivity index is 1.67. The molecule has 0 amide bonds. The van der Waals surface area contributed by atoms with E-state index in [1.807, 2.05) is 13.0 Å². The molecule has 0 spiro atoms. The highest BCUT2D eigenvalue weighted by Crippen LogP contribution is 2.37. The minimum Gasteiger partial charge on any atom is -0.495 e. The van der Waals surface area contributed by atoms with Crippen molar-refractivity contribution in [3.63, 3.8) is 0 Å². The highest BCUT2D eigenvalue weighted by molar-refractivity contribution is 6.32. The Kier molecular flexibility index (Phi) is 5.23. The van der Waals surface area contributed by atoms with Crippen LogP contribution in [0.2, 0.25) is 5.02 Å². The molecule has 2 aliphatic heterocycles. The summed E-state index contributed by atoms with van der Waals surface area (Å²) < 4.78 is 18.0. The summed E-state index contributed by atoms with van der Waals surface area (Å²) in [7, 11) is 1.55. The van der Waals surface area contributed by atoms with Crippen LogP contribution >= 0.6 is 11.6 Å². The molecule has 8 nitrogen and oxygen atoms in total. The number of methoxy groups -OCH3 is 1. The molecule has 3 heterocycles. The molecule has 1 aromatic heterocycles. The van der Waals surface area contributed by atoms with Crippen molar-refractivity contribution in [3.8, 4) is 5.75 Å². The number of anilines is 1. The Morgan fingerprint density at radius 1 is 1.46 bits per heavy atom. The summed E-state index contributed by atoms with van der Waals surface area (Å²) >= 11 is 6.33. The van der Waals surface area contributed by atoms with Crippen LogP contribution in [-0.4, -0.2) is 47.2 Å². The molecular formula is C19H21ClN4O4. The van der Waals surface area contributed by atoms with Crippen LogP contribution in [0.1, 0.15) is 31.4 Å². The van der Waals surface area contributed by atoms with Gasteiger partial charge in [0.2, 0.25) is 5.95 Å². The number of allylic oxidation sites excluding steroid dienone is 1. The second-order valence-corrected chi connectivity index (χ2v) is 7.13. The van der Waals surface area contributed by atoms with Crippen LogP contribution < -0.4 is 10.1 Å². The molecule has 1 aromatic carbocycles. The molecule has 1 N–H and O–H groups in total. The molecule has 2 atom stereocenters. The number of nitrogens with one attached hydrogen (secondary N) is 1. The third-order valence-corrected chi connectivity index (χ3v) is 5.23. The lowest BCUT2D eigenvalue weighted by molar-refractivity contribution is -0.142. The van der Waals surface area contributed by atoms with E-state index in [1.165, 1.54) is 6.33 Å². The molecule has 1 saturated heterocycles. The van der Waals surface area contributed by atoms with Gasteiger partial charge in [-0.05, 0) is 37.5 Å². The number of carbonyl (C=O) groups excluding carboxylic acids is 1. The van der Waals surface area contributed by atoms with E-state index in [1.54, 1.807) is 23.9 Å². The largest absolute Gasteiger partial charge is 0.495 e. The summed E-state index contributed by atoms with van der Waals surface area (Å²) in [5.74, 6) is 0.685. The van der Waals surface area contributed by atoms with Crippen molar-refractivity contribution >= 4 is 23.5 Å². The van der Waals surface area contributed by atoms with Crippen LogP contribution in [0.15, 0.2) is 35.8 Å². The van der Waals surface area contributed by atoms with Gasteiger partial charge in [-0.25, -0.2) is 9.48 Å². The molecule has 1 fully saturated rings. The predicted molar refractivity (Wildman–Crippen MR) is 102 cm³/mol. The van der Waals surface area contributed by atoms with Crippen molar-refractivity contribution in [1.29, 1.82) is 0 Å². The minimum atomic E-state index is -0.515. The smallest absolute Gasteiger partial charge is 0.338 e. The molecule has 0 radical (unpaired) electrons. The number of aromatic nitrogens is 3. The number of esters is 1. The van der Waals surface area contributed by atoms with Gasteiger partial charge in [0.15, 0.2) is 0 Å². The maximum Gasteiger partial charge on any atom is 0.338 e. The van der Waals surface area contributed by atoms with Gasteiger partial charge >= 0.3 is 5.97 Å². The Hall–Kier alpha value is -2.58. The van der Waals surface area contributed by atoms with Gasteiger partial charge in [-0.15, -0.1) is 0 Å². The van der Waals surface area contributed by atoms with Gasteiger partial charge in [0.05, 0.1) is 23.8 Å². The number of hydrogen-bond donors (Lipinski definition) is 1. The minimum absolute atomic E-state index is 0.0442. The molecule has 0 unspecified atom stereocenters. The van der Waals surface area contributed by atoms with Gasteiger partial charge in [-0.3, -0.25) is 0 Å². The standard InChI is InChI=1S/C19H21ClN4O4/c1-11-16(18(25)28-9-13-4-3-7-27-13)17(24-19(23-11)21-10-22-24)12-5-6-15(26-2)14(20)8-12/h5-6,8,10,13,17H,3-4,7,9H2,1-2H3,(H,21,22,23)/t13-,17-/m0/s1. The maximum absolute atomic E-state index is 13.0. The second-order valence-electron chi connectivity index (χ2n) is 6.72. The number of halogens is 1. The van der Waals surface area contributed by atoms with Crippen molar-refractivity contribution in [2.45, 2.75) is 31.9 Å². The van der Waals surface area contributed by atoms with E-state index in [-0.39, 0.29) is 12.7 Å². The monoisotopic (exact) mass is 404 g/mol. The molecular weight excluding hydrogens is 384 g/mol. The SMILES string of the molecule is COc1ccc([C@H]2C(C(=O)OC[C@@H]3CCCO3)=C(C)Nc3ncnn32)cc1Cl. The number of nitrogens with zero attached hydrogens (tertiary/aromatic N) is 3. The average Bonchev–Trinajstić information content (AvgIpc) is 3.36. The zero-order valence-electron chi connectivity index (χ0n) is 15.6. The molecule has 2 aliphatic rings. The van der Waals surface area contributed by atoms with Gasteiger partial charge in [0, 0.05) is 12.3 Å². The first-order chi connectivity index (χ1) is 13.6. The van der Waals surface area contributed by atoms with E-state index < -0.39 is 12.0 Å². The summed E-state index contributed by atoms with van der Waals surface area (Å²) in [5.41, 5.74) is 1.90. The van der Waals surface area contributed by atoms with Gasteiger partial charge in [0.1, 0.15) is 24.7 Å². The quantitative estimate of drug-likeness (QED) is 0.766. The van der Waals surface area contributed by atoms with Crippen LogP contribution in [0, 0.1) is 0 Å². The first-order valence-corrected chi connectivity index (χ1v) is 9.45. The molecule has 2 aromatic rings. The van der Waals surface area contributed by atoms with Crippen molar-refractivity contribution in [2.75, 3.05) is 25.6 Å². The van der Waals surface area contributed by atoms with Crippen molar-refractivity contribution in [2.24, 2.45) is 0 Å². The fourth-order valence-electron chi connectivity index (χ4n) is 3.54. The topological polar surface area (TPSA) is 87.5 Å². The normalized spacial score (nSPS) is 21.2. The summed E-state index contributed by atoms with van der Waals surface area (Å²) in [4.78, 5) is 17.2. The molecule has 4 rings (SSSR count). The van der Waals surface area contributed by atoms with E-state index in [4.69, 9.17) is 25.8 Å². The summed E-state index contributed by atoms with van der Waals surface area (Å²) in [6.45, 7) is 2.76. The van der Waals surface area contributed by atoms with Crippen LogP contribution in [0.4, 0.5) is 5.95 Å². The molecule has 148 valence electrons. The molecule has 28 heavy (non-hydrogen) atoms. The zero-order chi connectivity index (χ0) is 19.7. The summed E-state index contributed by atoms with van der Waals surface area (Å²) in [6.07, 6.45) is 3.28. The molecule has 0 saturated carbocycles. The van der Waals surface area contributed by atoms with Gasteiger partial charge < -0.3 is 19.5 Å². The molecule has 0 bridgehead atoms. The third kappa shape index (κ3) is 3.45. The third-order valence-electron chi connectivity index (χ3n) is 4.93. The number of ether oxygens (including phenoxy) is 3. The molecule has 9 heteroatoms. The van der Waals surface area contributed by atoms with Crippen LogP contribution in [0.3, 0.4) is 0 Å². The second kappa shape index (κ2) is 7.81. The highest BCUT2D eigenvalue weighted by Gasteiger charge is 2.35. The molecule has 0 aliphatic carbocycles. The summed E-state index contributed by atoms with van der Waals surface area (Å²) in [6, 6.07) is 4.87. The maximum atomic E-state index is 13.0. The number of rotatable bonds is 5. The van der Waals surface area contributed by atoms with Gasteiger partial charge in [0.25, 0.3) is 0 Å². The Morgan fingerprint density at radius 2 is 2.32 bits per heavy atom. The Bertz CT molecular complexity index is 920. The van der Waals surface area contributed by atoms with Crippen molar-refractivity contribution in [3.05, 3.63) is 46.4 Å². The lowest BCUT2D eigenvalue weighted by atomic mass is 9.95. The number of hydrogen-bond acceptors (Lipinski definition) is 7. The zero-order valence-corrected chi connectivity index (χ0v) is 16.4. The van der Waals surface area contributed by atoms with E-state index in [9.17, 15) is 4.79 Å². The highest BCUT2D eigenvalue weighted by atomic mass is 35.5. The number of benzene rings is 1. The van der Waals surface area contributed by atoms with Crippen molar-refractivity contribution < 1.29 is 19.0 Å². The Labute approximate surface area is 167 Å². The first kappa shape index (κ1) is 18.8. The van der Waals surface area contributed by atoms with Crippen LogP contribution in [0.5, 0.6) is 5.75 Å². The fourth-order valence-corrected chi connectivity index (χ4v) is 3.80. The summed E-state index contributed by atoms with van der Waals surface area (Å²) in [5, 5.41) is 7.86. The fraction of sp³-hybridized carbons (Fsp3) is 0.421. The predicted octanol–water partition coefficient (Wildman–Crippen LogP) is 2.95. The van der Waals surface area contributed by atoms with Crippen LogP contribution in [-0.2, 0) is 14.3 Å². The van der Waals surface area contributed by atoms with Gasteiger partial charge in [-0.2, -0.15) is 10.1 Å². The number of carbonyl (C=O) groups is 1. The van der Waals surface area contributed by atoms with E-state index in [0.29, 0.717) is 34.6 Å².